The van der Waals surface area contributed by atoms with Gasteiger partial charge in [0.25, 0.3) is 5.91 Å². The third-order valence-corrected chi connectivity index (χ3v) is 3.57. The fourth-order valence-corrected chi connectivity index (χ4v) is 2.43. The maximum Gasteiger partial charge on any atom is 0.261 e. The van der Waals surface area contributed by atoms with Crippen molar-refractivity contribution in [3.05, 3.63) is 70.5 Å². The summed E-state index contributed by atoms with van der Waals surface area (Å²) in [4.78, 5) is 28.8. The van der Waals surface area contributed by atoms with Crippen molar-refractivity contribution in [1.29, 1.82) is 0 Å². The molecule has 0 saturated carbocycles. The monoisotopic (exact) mass is 311 g/mol. The summed E-state index contributed by atoms with van der Waals surface area (Å²) in [6.07, 6.45) is 4.57. The second-order valence-corrected chi connectivity index (χ2v) is 5.01. The van der Waals surface area contributed by atoms with Crippen molar-refractivity contribution in [3.8, 4) is 0 Å². The molecule has 23 heavy (non-hydrogen) atoms. The first kappa shape index (κ1) is 14.9. The molecule has 1 N–H and O–H groups in total. The zero-order valence-electron chi connectivity index (χ0n) is 12.4. The first-order valence-electron chi connectivity index (χ1n) is 7.14. The predicted molar refractivity (Wildman–Crippen MR) is 86.0 cm³/mol. The van der Waals surface area contributed by atoms with Crippen LogP contribution in [0.15, 0.2) is 53.7 Å². The number of anilines is 1. The van der Waals surface area contributed by atoms with E-state index in [4.69, 9.17) is 0 Å². The lowest BCUT2D eigenvalue weighted by molar-refractivity contribution is 0.102. The van der Waals surface area contributed by atoms with Crippen LogP contribution in [0.3, 0.4) is 0 Å². The highest BCUT2D eigenvalue weighted by Gasteiger charge is 2.15. The number of benzene rings is 1. The molecular weight excluding hydrogens is 297 g/mol. The van der Waals surface area contributed by atoms with Gasteiger partial charge < -0.3 is 9.88 Å². The topological polar surface area (TPSA) is 64.0 Å². The first-order chi connectivity index (χ1) is 11.1. The van der Waals surface area contributed by atoms with Gasteiger partial charge >= 0.3 is 0 Å². The van der Waals surface area contributed by atoms with E-state index in [9.17, 15) is 14.0 Å². The molecule has 0 aliphatic rings. The molecule has 2 heterocycles. The smallest absolute Gasteiger partial charge is 0.261 e. The van der Waals surface area contributed by atoms with Gasteiger partial charge in [-0.15, -0.1) is 0 Å². The van der Waals surface area contributed by atoms with Gasteiger partial charge in [-0.05, 0) is 37.3 Å². The van der Waals surface area contributed by atoms with Gasteiger partial charge in [0.1, 0.15) is 11.4 Å². The van der Waals surface area contributed by atoms with Crippen LogP contribution in [0.5, 0.6) is 0 Å². The van der Waals surface area contributed by atoms with E-state index in [0.29, 0.717) is 17.7 Å². The van der Waals surface area contributed by atoms with Gasteiger partial charge in [0.15, 0.2) is 0 Å². The van der Waals surface area contributed by atoms with E-state index < -0.39 is 17.2 Å². The molecule has 6 heteroatoms. The number of nitrogens with one attached hydrogen (secondary N) is 1. The lowest BCUT2D eigenvalue weighted by Crippen LogP contribution is -2.24. The Balaban J connectivity index is 2.12. The van der Waals surface area contributed by atoms with Crippen LogP contribution in [0.4, 0.5) is 10.1 Å². The quantitative estimate of drug-likeness (QED) is 0.809. The lowest BCUT2D eigenvalue weighted by atomic mass is 10.1. The number of hydrogen-bond donors (Lipinski definition) is 1. The summed E-state index contributed by atoms with van der Waals surface area (Å²) >= 11 is 0. The Hall–Kier alpha value is -3.02. The molecule has 1 aromatic carbocycles. The molecule has 0 aliphatic heterocycles. The molecule has 0 saturated heterocycles. The van der Waals surface area contributed by atoms with Crippen molar-refractivity contribution in [1.82, 2.24) is 9.55 Å². The van der Waals surface area contributed by atoms with Crippen molar-refractivity contribution >= 4 is 22.5 Å². The van der Waals surface area contributed by atoms with Gasteiger partial charge in [-0.2, -0.15) is 0 Å². The SMILES string of the molecule is CCn1cc(C(=O)Nc2ccncc2)c(=O)c2cc(F)ccc21. The van der Waals surface area contributed by atoms with Crippen LogP contribution >= 0.6 is 0 Å². The summed E-state index contributed by atoms with van der Waals surface area (Å²) in [6.45, 7) is 2.44. The number of carbonyl (C=O) groups excluding carboxylic acids is 1. The number of hydrogen-bond acceptors (Lipinski definition) is 3. The normalized spacial score (nSPS) is 10.7. The summed E-state index contributed by atoms with van der Waals surface area (Å²) in [5.74, 6) is -1.04. The molecule has 0 aliphatic carbocycles. The van der Waals surface area contributed by atoms with Gasteiger partial charge in [-0.25, -0.2) is 4.39 Å². The van der Waals surface area contributed by atoms with Gasteiger partial charge in [0, 0.05) is 36.2 Å². The Morgan fingerprint density at radius 3 is 2.70 bits per heavy atom. The number of fused-ring (bicyclic) bond motifs is 1. The second-order valence-electron chi connectivity index (χ2n) is 5.01. The molecule has 3 aromatic rings. The highest BCUT2D eigenvalue weighted by atomic mass is 19.1. The van der Waals surface area contributed by atoms with E-state index in [-0.39, 0.29) is 10.9 Å². The van der Waals surface area contributed by atoms with E-state index in [2.05, 4.69) is 10.3 Å². The molecule has 3 rings (SSSR count). The maximum atomic E-state index is 13.5. The van der Waals surface area contributed by atoms with E-state index in [1.807, 2.05) is 6.92 Å². The van der Waals surface area contributed by atoms with Gasteiger partial charge in [0.05, 0.1) is 5.52 Å². The van der Waals surface area contributed by atoms with Crippen molar-refractivity contribution in [2.45, 2.75) is 13.5 Å². The number of halogens is 1. The molecule has 5 nitrogen and oxygen atoms in total. The zero-order valence-corrected chi connectivity index (χ0v) is 12.4. The largest absolute Gasteiger partial charge is 0.347 e. The minimum Gasteiger partial charge on any atom is -0.347 e. The van der Waals surface area contributed by atoms with Crippen LogP contribution in [0.25, 0.3) is 10.9 Å². The molecule has 0 bridgehead atoms. The van der Waals surface area contributed by atoms with Crippen molar-refractivity contribution in [2.24, 2.45) is 0 Å². The third-order valence-electron chi connectivity index (χ3n) is 3.57. The highest BCUT2D eigenvalue weighted by Crippen LogP contribution is 2.15. The second kappa shape index (κ2) is 6.00. The molecular formula is C17H14FN3O2. The van der Waals surface area contributed by atoms with Crippen LogP contribution in [0.2, 0.25) is 0 Å². The number of amides is 1. The standard InChI is InChI=1S/C17H14FN3O2/c1-2-21-10-14(17(23)20-12-5-7-19-8-6-12)16(22)13-9-11(18)3-4-15(13)21/h3-10H,2H2,1H3,(H,19,20,23). The molecule has 2 aromatic heterocycles. The summed E-state index contributed by atoms with van der Waals surface area (Å²) in [6, 6.07) is 7.24. The first-order valence-corrected chi connectivity index (χ1v) is 7.14. The maximum absolute atomic E-state index is 13.5. The molecule has 116 valence electrons. The number of carbonyl (C=O) groups is 1. The average molecular weight is 311 g/mol. The molecule has 0 spiro atoms. The average Bonchev–Trinajstić information content (AvgIpc) is 2.56. The van der Waals surface area contributed by atoms with Crippen LogP contribution in [-0.4, -0.2) is 15.5 Å². The summed E-state index contributed by atoms with van der Waals surface area (Å²) in [7, 11) is 0. The Labute approximate surface area is 131 Å². The summed E-state index contributed by atoms with van der Waals surface area (Å²) < 4.78 is 15.2. The molecule has 1 amide bonds. The van der Waals surface area contributed by atoms with Crippen molar-refractivity contribution in [2.75, 3.05) is 5.32 Å². The molecule has 0 fully saturated rings. The molecule has 0 atom stereocenters. The van der Waals surface area contributed by atoms with Crippen LogP contribution < -0.4 is 10.7 Å². The fraction of sp³-hybridized carbons (Fsp3) is 0.118. The zero-order chi connectivity index (χ0) is 16.4. The van der Waals surface area contributed by atoms with Gasteiger partial charge in [-0.3, -0.25) is 14.6 Å². The fourth-order valence-electron chi connectivity index (χ4n) is 2.43. The number of nitrogens with zero attached hydrogens (tertiary/aromatic N) is 2. The number of aryl methyl sites for hydroxylation is 1. The number of pyridine rings is 2. The van der Waals surface area contributed by atoms with Crippen LogP contribution in [0.1, 0.15) is 17.3 Å². The number of rotatable bonds is 3. The Morgan fingerprint density at radius 1 is 1.26 bits per heavy atom. The minimum atomic E-state index is -0.533. The molecule has 0 unspecified atom stereocenters. The van der Waals surface area contributed by atoms with E-state index >= 15 is 0 Å². The number of aromatic nitrogens is 2. The Morgan fingerprint density at radius 2 is 2.00 bits per heavy atom. The van der Waals surface area contributed by atoms with E-state index in [0.717, 1.165) is 6.07 Å². The third kappa shape index (κ3) is 2.83. The van der Waals surface area contributed by atoms with E-state index in [1.165, 1.54) is 24.7 Å². The van der Waals surface area contributed by atoms with E-state index in [1.54, 1.807) is 22.8 Å². The Kier molecular flexibility index (Phi) is 3.89. The summed E-state index contributed by atoms with van der Waals surface area (Å²) in [5.41, 5.74) is 0.615. The minimum absolute atomic E-state index is 0.0261. The van der Waals surface area contributed by atoms with Crippen molar-refractivity contribution in [3.63, 3.8) is 0 Å². The predicted octanol–water partition coefficient (Wildman–Crippen LogP) is 2.81. The lowest BCUT2D eigenvalue weighted by Gasteiger charge is -2.12. The van der Waals surface area contributed by atoms with Crippen LogP contribution in [0, 0.1) is 5.82 Å². The highest BCUT2D eigenvalue weighted by molar-refractivity contribution is 6.05. The molecule has 0 radical (unpaired) electrons. The van der Waals surface area contributed by atoms with Gasteiger partial charge in [-0.1, -0.05) is 0 Å². The van der Waals surface area contributed by atoms with Crippen LogP contribution in [-0.2, 0) is 6.54 Å². The van der Waals surface area contributed by atoms with Crippen molar-refractivity contribution < 1.29 is 9.18 Å². The Bertz CT molecular complexity index is 936. The summed E-state index contributed by atoms with van der Waals surface area (Å²) in [5, 5.41) is 2.83. The van der Waals surface area contributed by atoms with Gasteiger partial charge in [0.2, 0.25) is 5.43 Å².